The molecule has 2 rings (SSSR count). The summed E-state index contributed by atoms with van der Waals surface area (Å²) in [5.41, 5.74) is 8.18. The molecule has 1 aliphatic heterocycles. The minimum absolute atomic E-state index is 0.153. The monoisotopic (exact) mass is 231 g/mol. The van der Waals surface area contributed by atoms with Gasteiger partial charge < -0.3 is 11.1 Å². The number of fused-ring (bicyclic) bond motifs is 1. The largest absolute Gasteiger partial charge is 0.322 e. The van der Waals surface area contributed by atoms with Crippen molar-refractivity contribution >= 4 is 17.3 Å². The Morgan fingerprint density at radius 2 is 1.94 bits per heavy atom. The van der Waals surface area contributed by atoms with Crippen LogP contribution in [0.3, 0.4) is 0 Å². The Morgan fingerprint density at radius 1 is 1.29 bits per heavy atom. The van der Waals surface area contributed by atoms with Gasteiger partial charge in [0.15, 0.2) is 6.17 Å². The van der Waals surface area contributed by atoms with E-state index in [0.29, 0.717) is 0 Å². The number of carbonyl (C=O) groups is 1. The molecule has 1 aromatic rings. The van der Waals surface area contributed by atoms with Crippen molar-refractivity contribution < 1.29 is 4.79 Å². The summed E-state index contributed by atoms with van der Waals surface area (Å²) in [5.74, 6) is -0.267. The first-order valence-electron chi connectivity index (χ1n) is 5.64. The number of rotatable bonds is 0. The Labute approximate surface area is 101 Å². The van der Waals surface area contributed by atoms with E-state index in [0.717, 1.165) is 17.0 Å². The third kappa shape index (κ3) is 2.22. The summed E-state index contributed by atoms with van der Waals surface area (Å²) in [6.45, 7) is 6.18. The topological polar surface area (TPSA) is 67.5 Å². The van der Waals surface area contributed by atoms with E-state index >= 15 is 0 Å². The molecule has 1 unspecified atom stereocenters. The van der Waals surface area contributed by atoms with Crippen molar-refractivity contribution in [2.75, 3.05) is 5.32 Å². The second kappa shape index (κ2) is 3.96. The number of nitrogens with one attached hydrogen (secondary N) is 1. The second-order valence-corrected chi connectivity index (χ2v) is 5.21. The first-order valence-corrected chi connectivity index (χ1v) is 5.64. The molecule has 1 aromatic carbocycles. The van der Waals surface area contributed by atoms with Crippen LogP contribution in [0, 0.1) is 5.41 Å². The first-order chi connectivity index (χ1) is 7.89. The maximum absolute atomic E-state index is 11.7. The normalized spacial score (nSPS) is 20.1. The first kappa shape index (κ1) is 11.8. The second-order valence-electron chi connectivity index (χ2n) is 5.21. The van der Waals surface area contributed by atoms with Crippen LogP contribution >= 0.6 is 0 Å². The Kier molecular flexibility index (Phi) is 2.75. The molecule has 1 amide bonds. The zero-order valence-electron chi connectivity index (χ0n) is 10.3. The molecule has 0 saturated heterocycles. The maximum atomic E-state index is 11.7. The molecule has 0 aliphatic carbocycles. The molecule has 1 atom stereocenters. The summed E-state index contributed by atoms with van der Waals surface area (Å²) in [7, 11) is 0. The number of aliphatic imine (C=N–C) groups is 1. The van der Waals surface area contributed by atoms with Crippen LogP contribution in [0.25, 0.3) is 0 Å². The van der Waals surface area contributed by atoms with E-state index in [9.17, 15) is 4.79 Å². The van der Waals surface area contributed by atoms with E-state index in [2.05, 4.69) is 31.1 Å². The standard InChI is InChI=1S/C13H17N3O/c1-13(2,3)10-8-6-4-5-7-9(8)15-12(17)11(14)16-10/h4-7,11H,14H2,1-3H3,(H,15,17). The van der Waals surface area contributed by atoms with Crippen LogP contribution < -0.4 is 11.1 Å². The number of hydrogen-bond acceptors (Lipinski definition) is 3. The molecule has 0 aromatic heterocycles. The Morgan fingerprint density at radius 3 is 2.59 bits per heavy atom. The molecule has 0 bridgehead atoms. The van der Waals surface area contributed by atoms with Crippen molar-refractivity contribution in [1.29, 1.82) is 0 Å². The van der Waals surface area contributed by atoms with Crippen molar-refractivity contribution in [3.63, 3.8) is 0 Å². The van der Waals surface area contributed by atoms with E-state index in [1.165, 1.54) is 0 Å². The number of nitrogens with zero attached hydrogens (tertiary/aromatic N) is 1. The number of carbonyl (C=O) groups excluding carboxylic acids is 1. The van der Waals surface area contributed by atoms with Crippen LogP contribution in [0.4, 0.5) is 5.69 Å². The van der Waals surface area contributed by atoms with Gasteiger partial charge in [0.1, 0.15) is 0 Å². The van der Waals surface area contributed by atoms with Gasteiger partial charge in [0, 0.05) is 16.7 Å². The molecule has 4 heteroatoms. The molecule has 1 aliphatic rings. The lowest BCUT2D eigenvalue weighted by molar-refractivity contribution is -0.117. The summed E-state index contributed by atoms with van der Waals surface area (Å²) >= 11 is 0. The summed E-state index contributed by atoms with van der Waals surface area (Å²) in [4.78, 5) is 16.1. The number of para-hydroxylation sites is 1. The number of amides is 1. The number of benzodiazepines with no additional fused rings is 1. The van der Waals surface area contributed by atoms with Crippen LogP contribution in [0.2, 0.25) is 0 Å². The summed E-state index contributed by atoms with van der Waals surface area (Å²) in [5, 5.41) is 2.80. The van der Waals surface area contributed by atoms with Gasteiger partial charge in [-0.3, -0.25) is 9.79 Å². The van der Waals surface area contributed by atoms with Gasteiger partial charge in [-0.2, -0.15) is 0 Å². The zero-order valence-corrected chi connectivity index (χ0v) is 10.3. The van der Waals surface area contributed by atoms with E-state index in [4.69, 9.17) is 5.73 Å². The van der Waals surface area contributed by atoms with Gasteiger partial charge >= 0.3 is 0 Å². The Hall–Kier alpha value is -1.68. The number of nitrogens with two attached hydrogens (primary N) is 1. The van der Waals surface area contributed by atoms with Crippen molar-refractivity contribution in [2.45, 2.75) is 26.9 Å². The van der Waals surface area contributed by atoms with E-state index in [-0.39, 0.29) is 11.3 Å². The predicted octanol–water partition coefficient (Wildman–Crippen LogP) is 1.76. The highest BCUT2D eigenvalue weighted by atomic mass is 16.2. The minimum atomic E-state index is -0.836. The average molecular weight is 231 g/mol. The van der Waals surface area contributed by atoms with Gasteiger partial charge in [-0.25, -0.2) is 0 Å². The van der Waals surface area contributed by atoms with Gasteiger partial charge in [0.05, 0.1) is 5.71 Å². The molecule has 0 saturated carbocycles. The zero-order chi connectivity index (χ0) is 12.6. The van der Waals surface area contributed by atoms with Gasteiger partial charge in [0.25, 0.3) is 5.91 Å². The SMILES string of the molecule is CC(C)(C)C1=NC(N)C(=O)Nc2ccccc21. The molecule has 0 spiro atoms. The third-order valence-electron chi connectivity index (χ3n) is 2.69. The molecule has 0 radical (unpaired) electrons. The van der Waals surface area contributed by atoms with Crippen molar-refractivity contribution in [3.05, 3.63) is 29.8 Å². The lowest BCUT2D eigenvalue weighted by Crippen LogP contribution is -2.34. The molecule has 4 nitrogen and oxygen atoms in total. The van der Waals surface area contributed by atoms with Crippen molar-refractivity contribution in [2.24, 2.45) is 16.1 Å². The molecule has 1 heterocycles. The van der Waals surface area contributed by atoms with E-state index < -0.39 is 6.17 Å². The van der Waals surface area contributed by atoms with E-state index in [1.54, 1.807) is 0 Å². The predicted molar refractivity (Wildman–Crippen MR) is 69.0 cm³/mol. The smallest absolute Gasteiger partial charge is 0.263 e. The fourth-order valence-corrected chi connectivity index (χ4v) is 1.87. The minimum Gasteiger partial charge on any atom is -0.322 e. The third-order valence-corrected chi connectivity index (χ3v) is 2.69. The average Bonchev–Trinajstić information content (AvgIpc) is 2.36. The fourth-order valence-electron chi connectivity index (χ4n) is 1.87. The summed E-state index contributed by atoms with van der Waals surface area (Å²) in [6, 6.07) is 7.64. The number of anilines is 1. The van der Waals surface area contributed by atoms with Crippen LogP contribution in [0.15, 0.2) is 29.3 Å². The molecule has 17 heavy (non-hydrogen) atoms. The van der Waals surface area contributed by atoms with Gasteiger partial charge in [-0.1, -0.05) is 39.0 Å². The maximum Gasteiger partial charge on any atom is 0.263 e. The van der Waals surface area contributed by atoms with Crippen LogP contribution in [-0.4, -0.2) is 17.8 Å². The number of hydrogen-bond donors (Lipinski definition) is 2. The fraction of sp³-hybridized carbons (Fsp3) is 0.385. The Balaban J connectivity index is 2.63. The van der Waals surface area contributed by atoms with Gasteiger partial charge in [-0.05, 0) is 6.07 Å². The lowest BCUT2D eigenvalue weighted by atomic mass is 9.85. The molecular formula is C13H17N3O. The summed E-state index contributed by atoms with van der Waals surface area (Å²) < 4.78 is 0. The Bertz CT molecular complexity index is 486. The molecule has 0 fully saturated rings. The van der Waals surface area contributed by atoms with Crippen LogP contribution in [0.5, 0.6) is 0 Å². The van der Waals surface area contributed by atoms with Crippen molar-refractivity contribution in [1.82, 2.24) is 0 Å². The van der Waals surface area contributed by atoms with Crippen LogP contribution in [0.1, 0.15) is 26.3 Å². The number of benzene rings is 1. The highest BCUT2D eigenvalue weighted by molar-refractivity contribution is 6.13. The molecular weight excluding hydrogens is 214 g/mol. The van der Waals surface area contributed by atoms with Gasteiger partial charge in [-0.15, -0.1) is 0 Å². The highest BCUT2D eigenvalue weighted by Crippen LogP contribution is 2.29. The highest BCUT2D eigenvalue weighted by Gasteiger charge is 2.28. The summed E-state index contributed by atoms with van der Waals surface area (Å²) in [6.07, 6.45) is -0.836. The molecule has 3 N–H and O–H groups in total. The van der Waals surface area contributed by atoms with Gasteiger partial charge in [0.2, 0.25) is 0 Å². The van der Waals surface area contributed by atoms with Crippen molar-refractivity contribution in [3.8, 4) is 0 Å². The lowest BCUT2D eigenvalue weighted by Gasteiger charge is -2.22. The van der Waals surface area contributed by atoms with Crippen LogP contribution in [-0.2, 0) is 4.79 Å². The quantitative estimate of drug-likeness (QED) is 0.714. The van der Waals surface area contributed by atoms with E-state index in [1.807, 2.05) is 24.3 Å². The molecule has 90 valence electrons.